The summed E-state index contributed by atoms with van der Waals surface area (Å²) in [5, 5.41) is 3.46. The number of nitrogen functional groups attached to an aromatic ring is 1. The van der Waals surface area contributed by atoms with E-state index in [4.69, 9.17) is 5.73 Å². The predicted octanol–water partition coefficient (Wildman–Crippen LogP) is 2.56. The quantitative estimate of drug-likeness (QED) is 0.872. The Morgan fingerprint density at radius 3 is 2.48 bits per heavy atom. The van der Waals surface area contributed by atoms with Crippen molar-refractivity contribution < 1.29 is 0 Å². The maximum Gasteiger partial charge on any atom is 0.138 e. The van der Waals surface area contributed by atoms with Crippen LogP contribution >= 0.6 is 0 Å². The number of rotatable bonds is 5. The van der Waals surface area contributed by atoms with Gasteiger partial charge < -0.3 is 11.1 Å². The maximum atomic E-state index is 6.04. The first kappa shape index (κ1) is 16.0. The zero-order valence-corrected chi connectivity index (χ0v) is 14.2. The van der Waals surface area contributed by atoms with Gasteiger partial charge in [-0.05, 0) is 33.7 Å². The fourth-order valence-corrected chi connectivity index (χ4v) is 2.27. The first-order valence-electron chi connectivity index (χ1n) is 7.80. The van der Waals surface area contributed by atoms with Gasteiger partial charge in [0.2, 0.25) is 0 Å². The summed E-state index contributed by atoms with van der Waals surface area (Å²) in [6.45, 7) is 11.4. The number of anilines is 2. The Morgan fingerprint density at radius 1 is 1.33 bits per heavy atom. The van der Waals surface area contributed by atoms with Crippen molar-refractivity contribution in [1.82, 2.24) is 14.9 Å². The molecule has 0 amide bonds. The second-order valence-electron chi connectivity index (χ2n) is 7.28. The van der Waals surface area contributed by atoms with Crippen LogP contribution in [0.5, 0.6) is 0 Å². The normalized spacial score (nSPS) is 17.1. The molecule has 0 aliphatic heterocycles. The first-order chi connectivity index (χ1) is 9.70. The van der Waals surface area contributed by atoms with E-state index in [9.17, 15) is 0 Å². The lowest BCUT2D eigenvalue weighted by atomic mass is 9.95. The largest absolute Gasteiger partial charge is 0.383 e. The Bertz CT molecular complexity index is 502. The Hall–Kier alpha value is -1.36. The zero-order chi connectivity index (χ0) is 15.8. The molecule has 1 unspecified atom stereocenters. The Labute approximate surface area is 128 Å². The van der Waals surface area contributed by atoms with Crippen molar-refractivity contribution in [1.29, 1.82) is 0 Å². The highest BCUT2D eigenvalue weighted by Crippen LogP contribution is 2.28. The molecule has 118 valence electrons. The summed E-state index contributed by atoms with van der Waals surface area (Å²) < 4.78 is 0. The Balaban J connectivity index is 2.09. The van der Waals surface area contributed by atoms with Crippen LogP contribution in [0.1, 0.15) is 51.9 Å². The minimum atomic E-state index is -0.103. The molecule has 0 aromatic carbocycles. The SMILES string of the molecule is Cc1c(N)nc(C(C)(C)C)nc1NCC(C)N(C)C1CC1. The number of aromatic nitrogens is 2. The summed E-state index contributed by atoms with van der Waals surface area (Å²) in [5.41, 5.74) is 6.87. The number of nitrogens with one attached hydrogen (secondary N) is 1. The van der Waals surface area contributed by atoms with Crippen molar-refractivity contribution >= 4 is 11.6 Å². The minimum absolute atomic E-state index is 0.103. The summed E-state index contributed by atoms with van der Waals surface area (Å²) in [6, 6.07) is 1.25. The topological polar surface area (TPSA) is 67.1 Å². The molecule has 0 saturated heterocycles. The number of likely N-dealkylation sites (N-methyl/N-ethyl adjacent to an activating group) is 1. The van der Waals surface area contributed by atoms with Gasteiger partial charge in [0.25, 0.3) is 0 Å². The van der Waals surface area contributed by atoms with Gasteiger partial charge in [0.15, 0.2) is 0 Å². The molecular weight excluding hydrogens is 262 g/mol. The first-order valence-corrected chi connectivity index (χ1v) is 7.80. The van der Waals surface area contributed by atoms with Gasteiger partial charge in [0.1, 0.15) is 17.5 Å². The van der Waals surface area contributed by atoms with Crippen LogP contribution < -0.4 is 11.1 Å². The van der Waals surface area contributed by atoms with Gasteiger partial charge in [-0.15, -0.1) is 0 Å². The summed E-state index contributed by atoms with van der Waals surface area (Å²) in [7, 11) is 2.20. The third-order valence-corrected chi connectivity index (χ3v) is 4.24. The molecule has 2 rings (SSSR count). The molecule has 1 heterocycles. The van der Waals surface area contributed by atoms with Crippen LogP contribution in [0.4, 0.5) is 11.6 Å². The van der Waals surface area contributed by atoms with Gasteiger partial charge >= 0.3 is 0 Å². The Morgan fingerprint density at radius 2 is 1.95 bits per heavy atom. The van der Waals surface area contributed by atoms with E-state index < -0.39 is 0 Å². The van der Waals surface area contributed by atoms with Crippen molar-refractivity contribution in [3.05, 3.63) is 11.4 Å². The van der Waals surface area contributed by atoms with Gasteiger partial charge in [-0.25, -0.2) is 9.97 Å². The molecule has 5 nitrogen and oxygen atoms in total. The van der Waals surface area contributed by atoms with E-state index >= 15 is 0 Å². The molecule has 1 aromatic heterocycles. The average Bonchev–Trinajstić information content (AvgIpc) is 3.22. The van der Waals surface area contributed by atoms with Crippen LogP contribution in [-0.4, -0.2) is 40.5 Å². The van der Waals surface area contributed by atoms with Gasteiger partial charge in [0.05, 0.1) is 0 Å². The molecule has 0 spiro atoms. The molecule has 1 atom stereocenters. The minimum Gasteiger partial charge on any atom is -0.383 e. The van der Waals surface area contributed by atoms with Crippen molar-refractivity contribution in [3.63, 3.8) is 0 Å². The summed E-state index contributed by atoms with van der Waals surface area (Å²) in [4.78, 5) is 11.5. The number of nitrogens with two attached hydrogens (primary N) is 1. The lowest BCUT2D eigenvalue weighted by Crippen LogP contribution is -2.36. The molecule has 3 N–H and O–H groups in total. The standard InChI is InChI=1S/C16H29N5/c1-10(21(6)12-7-8-12)9-18-14-11(2)13(17)19-15(20-14)16(3,4)5/h10,12H,7-9H2,1-6H3,(H3,17,18,19,20). The number of hydrogen-bond acceptors (Lipinski definition) is 5. The van der Waals surface area contributed by atoms with Gasteiger partial charge in [-0.1, -0.05) is 20.8 Å². The molecule has 1 fully saturated rings. The third-order valence-electron chi connectivity index (χ3n) is 4.24. The van der Waals surface area contributed by atoms with Crippen LogP contribution in [0.3, 0.4) is 0 Å². The fourth-order valence-electron chi connectivity index (χ4n) is 2.27. The molecule has 5 heteroatoms. The van der Waals surface area contributed by atoms with Crippen LogP contribution in [-0.2, 0) is 5.41 Å². The molecule has 0 radical (unpaired) electrons. The Kier molecular flexibility index (Phi) is 4.42. The van der Waals surface area contributed by atoms with E-state index in [-0.39, 0.29) is 5.41 Å². The molecule has 0 bridgehead atoms. The lowest BCUT2D eigenvalue weighted by Gasteiger charge is -2.26. The van der Waals surface area contributed by atoms with E-state index in [2.05, 4.69) is 54.9 Å². The fraction of sp³-hybridized carbons (Fsp3) is 0.750. The maximum absolute atomic E-state index is 6.04. The van der Waals surface area contributed by atoms with Crippen molar-refractivity contribution in [2.75, 3.05) is 24.6 Å². The molecule has 1 aliphatic rings. The van der Waals surface area contributed by atoms with Crippen LogP contribution in [0.2, 0.25) is 0 Å². The molecule has 21 heavy (non-hydrogen) atoms. The summed E-state index contributed by atoms with van der Waals surface area (Å²) in [5.74, 6) is 2.22. The predicted molar refractivity (Wildman–Crippen MR) is 88.6 cm³/mol. The van der Waals surface area contributed by atoms with Gasteiger partial charge in [-0.2, -0.15) is 0 Å². The molecule has 1 aliphatic carbocycles. The van der Waals surface area contributed by atoms with Crippen LogP contribution in [0.25, 0.3) is 0 Å². The van der Waals surface area contributed by atoms with E-state index in [1.54, 1.807) is 0 Å². The van der Waals surface area contributed by atoms with E-state index in [0.29, 0.717) is 11.9 Å². The second kappa shape index (κ2) is 5.79. The smallest absolute Gasteiger partial charge is 0.138 e. The number of nitrogens with zero attached hydrogens (tertiary/aromatic N) is 3. The lowest BCUT2D eigenvalue weighted by molar-refractivity contribution is 0.257. The van der Waals surface area contributed by atoms with Crippen molar-refractivity contribution in [2.45, 2.75) is 65.0 Å². The molecular formula is C16H29N5. The van der Waals surface area contributed by atoms with E-state index in [1.165, 1.54) is 12.8 Å². The van der Waals surface area contributed by atoms with Crippen molar-refractivity contribution in [3.8, 4) is 0 Å². The van der Waals surface area contributed by atoms with Crippen LogP contribution in [0.15, 0.2) is 0 Å². The van der Waals surface area contributed by atoms with Crippen molar-refractivity contribution in [2.24, 2.45) is 0 Å². The highest BCUT2D eigenvalue weighted by molar-refractivity contribution is 5.55. The highest BCUT2D eigenvalue weighted by Gasteiger charge is 2.29. The number of hydrogen-bond donors (Lipinski definition) is 2. The molecule has 1 saturated carbocycles. The van der Waals surface area contributed by atoms with Gasteiger partial charge in [0, 0.05) is 29.6 Å². The third kappa shape index (κ3) is 3.84. The molecule has 1 aromatic rings. The van der Waals surface area contributed by atoms with Gasteiger partial charge in [-0.3, -0.25) is 4.90 Å². The monoisotopic (exact) mass is 291 g/mol. The zero-order valence-electron chi connectivity index (χ0n) is 14.2. The van der Waals surface area contributed by atoms with E-state index in [0.717, 1.165) is 29.8 Å². The highest BCUT2D eigenvalue weighted by atomic mass is 15.2. The summed E-state index contributed by atoms with van der Waals surface area (Å²) in [6.07, 6.45) is 2.66. The van der Waals surface area contributed by atoms with E-state index in [1.807, 2.05) is 6.92 Å². The average molecular weight is 291 g/mol. The summed E-state index contributed by atoms with van der Waals surface area (Å²) >= 11 is 0. The van der Waals surface area contributed by atoms with Crippen LogP contribution in [0, 0.1) is 6.92 Å². The second-order valence-corrected chi connectivity index (χ2v) is 7.28.